The first kappa shape index (κ1) is 30.0. The van der Waals surface area contributed by atoms with Crippen molar-refractivity contribution in [1.82, 2.24) is 0 Å². The van der Waals surface area contributed by atoms with Gasteiger partial charge in [0.1, 0.15) is 0 Å². The van der Waals surface area contributed by atoms with Gasteiger partial charge in [-0.05, 0) is 107 Å². The fourth-order valence-corrected chi connectivity index (χ4v) is 8.80. The Balaban J connectivity index is 0.985. The summed E-state index contributed by atoms with van der Waals surface area (Å²) in [6.07, 6.45) is 0.153. The summed E-state index contributed by atoms with van der Waals surface area (Å²) < 4.78 is 54.4. The predicted octanol–water partition coefficient (Wildman–Crippen LogP) is 5.84. The van der Waals surface area contributed by atoms with Gasteiger partial charge in [-0.1, -0.05) is 24.3 Å². The van der Waals surface area contributed by atoms with Crippen LogP contribution < -0.4 is 28.4 Å². The molecule has 50 heavy (non-hydrogen) atoms. The number of hydrogen-bond donors (Lipinski definition) is 2. The van der Waals surface area contributed by atoms with Gasteiger partial charge in [-0.3, -0.25) is 0 Å². The Labute approximate surface area is 288 Å². The molecule has 11 heteroatoms. The minimum absolute atomic E-state index is 0.0680. The number of phenolic OH excluding ortho intramolecular Hbond substituents is 2. The molecule has 2 N–H and O–H groups in total. The van der Waals surface area contributed by atoms with E-state index in [1.54, 1.807) is 6.07 Å². The summed E-state index contributed by atoms with van der Waals surface area (Å²) in [5.41, 5.74) is 4.27. The fraction of sp³-hybridized carbons (Fsp3) is 0.385. The summed E-state index contributed by atoms with van der Waals surface area (Å²) in [5, 5.41) is 20.3. The number of benzene rings is 4. The van der Waals surface area contributed by atoms with E-state index in [4.69, 9.17) is 42.6 Å². The van der Waals surface area contributed by atoms with Crippen molar-refractivity contribution in [1.29, 1.82) is 0 Å². The summed E-state index contributed by atoms with van der Waals surface area (Å²) in [5.74, 6) is 4.52. The molecule has 2 saturated heterocycles. The molecule has 2 bridgehead atoms. The fourth-order valence-electron chi connectivity index (χ4n) is 8.80. The smallest absolute Gasteiger partial charge is 0.231 e. The van der Waals surface area contributed by atoms with E-state index in [1.807, 2.05) is 30.3 Å². The maximum Gasteiger partial charge on any atom is 0.231 e. The molecule has 4 aromatic rings. The lowest BCUT2D eigenvalue weighted by Gasteiger charge is -2.53. The van der Waals surface area contributed by atoms with Crippen LogP contribution in [0.25, 0.3) is 0 Å². The highest BCUT2D eigenvalue weighted by Crippen LogP contribution is 2.60. The molecule has 0 radical (unpaired) electrons. The van der Waals surface area contributed by atoms with Crippen molar-refractivity contribution in [3.05, 3.63) is 95.1 Å². The summed E-state index contributed by atoms with van der Waals surface area (Å²) in [6.45, 7) is 1.59. The standard InChI is InChI=1S/C39H36O11/c40-28-5-1-20(11-29(28)41)9-24-25(10-21-2-6-30-33(12-21)47-17-44-30)39-43-16-27-26(15-42-38(24)50-39)36(22-3-7-31-34(13-22)48-18-45-31)37(27)23-4-8-32-35(14-23)49-19-46-32/h1-8,11-14,24-27,36-41H,9-10,15-19H2/t24-,25+,26-,27+,36+,37-,38-,39+/m0/s1. The van der Waals surface area contributed by atoms with Gasteiger partial charge in [0.25, 0.3) is 0 Å². The molecule has 0 aromatic heterocycles. The minimum atomic E-state index is -0.546. The van der Waals surface area contributed by atoms with Crippen molar-refractivity contribution in [2.24, 2.45) is 23.7 Å². The normalized spacial score (nSPS) is 29.8. The second-order valence-corrected chi connectivity index (χ2v) is 13.9. The molecule has 10 rings (SSSR count). The number of rotatable bonds is 6. The summed E-state index contributed by atoms with van der Waals surface area (Å²) >= 11 is 0. The van der Waals surface area contributed by atoms with Gasteiger partial charge in [0.05, 0.1) is 13.2 Å². The molecule has 8 atom stereocenters. The summed E-state index contributed by atoms with van der Waals surface area (Å²) in [6, 6.07) is 23.4. The average molecular weight is 681 g/mol. The minimum Gasteiger partial charge on any atom is -0.504 e. The van der Waals surface area contributed by atoms with Gasteiger partial charge in [-0.15, -0.1) is 0 Å². The third-order valence-electron chi connectivity index (χ3n) is 11.3. The molecule has 1 aliphatic carbocycles. The second-order valence-electron chi connectivity index (χ2n) is 13.9. The van der Waals surface area contributed by atoms with Crippen LogP contribution in [0.2, 0.25) is 0 Å². The molecule has 11 nitrogen and oxygen atoms in total. The van der Waals surface area contributed by atoms with Gasteiger partial charge in [0.2, 0.25) is 20.4 Å². The van der Waals surface area contributed by atoms with Crippen molar-refractivity contribution in [3.8, 4) is 46.0 Å². The van der Waals surface area contributed by atoms with E-state index in [0.29, 0.717) is 26.1 Å². The molecular weight excluding hydrogens is 644 g/mol. The van der Waals surface area contributed by atoms with Crippen LogP contribution in [0.15, 0.2) is 72.8 Å². The van der Waals surface area contributed by atoms with Crippen molar-refractivity contribution >= 4 is 0 Å². The predicted molar refractivity (Wildman–Crippen MR) is 175 cm³/mol. The quantitative estimate of drug-likeness (QED) is 0.239. The van der Waals surface area contributed by atoms with Crippen LogP contribution >= 0.6 is 0 Å². The van der Waals surface area contributed by atoms with Crippen LogP contribution in [0.3, 0.4) is 0 Å². The van der Waals surface area contributed by atoms with Crippen molar-refractivity contribution in [2.45, 2.75) is 37.3 Å². The van der Waals surface area contributed by atoms with Gasteiger partial charge in [-0.25, -0.2) is 0 Å². The van der Waals surface area contributed by atoms with Crippen LogP contribution in [0.1, 0.15) is 34.1 Å². The zero-order valence-electron chi connectivity index (χ0n) is 27.1. The Morgan fingerprint density at radius 2 is 0.940 bits per heavy atom. The first-order chi connectivity index (χ1) is 24.6. The Morgan fingerprint density at radius 1 is 0.480 bits per heavy atom. The molecule has 5 aliphatic heterocycles. The topological polar surface area (TPSA) is 124 Å². The van der Waals surface area contributed by atoms with Crippen molar-refractivity contribution in [2.75, 3.05) is 33.6 Å². The van der Waals surface area contributed by atoms with Gasteiger partial charge in [-0.2, -0.15) is 0 Å². The van der Waals surface area contributed by atoms with E-state index in [0.717, 1.165) is 56.8 Å². The zero-order chi connectivity index (χ0) is 33.3. The van der Waals surface area contributed by atoms with Crippen molar-refractivity contribution in [3.63, 3.8) is 0 Å². The van der Waals surface area contributed by atoms with E-state index < -0.39 is 12.6 Å². The van der Waals surface area contributed by atoms with Gasteiger partial charge in [0.15, 0.2) is 58.6 Å². The lowest BCUT2D eigenvalue weighted by molar-refractivity contribution is -0.209. The summed E-state index contributed by atoms with van der Waals surface area (Å²) in [7, 11) is 0. The first-order valence-electron chi connectivity index (χ1n) is 17.1. The Hall–Kier alpha value is -4.84. The molecule has 6 aliphatic rings. The van der Waals surface area contributed by atoms with E-state index in [9.17, 15) is 10.2 Å². The molecule has 4 aromatic carbocycles. The largest absolute Gasteiger partial charge is 0.504 e. The second kappa shape index (κ2) is 11.9. The van der Waals surface area contributed by atoms with E-state index in [-0.39, 0.29) is 67.4 Å². The van der Waals surface area contributed by atoms with Gasteiger partial charge < -0.3 is 52.8 Å². The van der Waals surface area contributed by atoms with Crippen LogP contribution in [-0.4, -0.2) is 56.4 Å². The van der Waals surface area contributed by atoms with E-state index >= 15 is 0 Å². The summed E-state index contributed by atoms with van der Waals surface area (Å²) in [4.78, 5) is 0. The van der Waals surface area contributed by atoms with Gasteiger partial charge in [0, 0.05) is 11.8 Å². The highest BCUT2D eigenvalue weighted by atomic mass is 16.8. The first-order valence-corrected chi connectivity index (χ1v) is 17.1. The molecule has 3 fully saturated rings. The number of phenols is 2. The van der Waals surface area contributed by atoms with Gasteiger partial charge >= 0.3 is 0 Å². The molecule has 258 valence electrons. The highest BCUT2D eigenvalue weighted by Gasteiger charge is 2.55. The molecule has 1 saturated carbocycles. The molecule has 0 spiro atoms. The van der Waals surface area contributed by atoms with E-state index in [2.05, 4.69) is 30.3 Å². The van der Waals surface area contributed by atoms with Crippen molar-refractivity contribution < 1.29 is 52.8 Å². The molecular formula is C39H36O11. The third-order valence-corrected chi connectivity index (χ3v) is 11.3. The Kier molecular flexibility index (Phi) is 7.14. The molecule has 0 amide bonds. The Bertz CT molecular complexity index is 1950. The van der Waals surface area contributed by atoms with Crippen LogP contribution in [0.5, 0.6) is 46.0 Å². The lowest BCUT2D eigenvalue weighted by Crippen LogP contribution is -2.49. The number of aromatic hydroxyl groups is 2. The van der Waals surface area contributed by atoms with Crippen LogP contribution in [-0.2, 0) is 27.1 Å². The number of fused-ring (bicyclic) bond motifs is 6. The number of hydrogen-bond acceptors (Lipinski definition) is 11. The maximum atomic E-state index is 10.3. The number of ether oxygens (including phenoxy) is 9. The zero-order valence-corrected chi connectivity index (χ0v) is 27.1. The Morgan fingerprint density at radius 3 is 1.48 bits per heavy atom. The lowest BCUT2D eigenvalue weighted by atomic mass is 9.53. The maximum absolute atomic E-state index is 10.3. The molecule has 5 heterocycles. The SMILES string of the molecule is Oc1ccc(C[C@@H]2[C@H]3OC[C@H]4[C@@H](CO[C@H](O3)[C@@H]2Cc2ccc3c(c2)OCO3)[C@H](c2ccc3c(c2)OCO3)[C@@H]4c2ccc3c(c2)OCO3)cc1O. The van der Waals surface area contributed by atoms with Crippen LogP contribution in [0.4, 0.5) is 0 Å². The monoisotopic (exact) mass is 680 g/mol. The van der Waals surface area contributed by atoms with Crippen LogP contribution in [0, 0.1) is 23.7 Å². The highest BCUT2D eigenvalue weighted by molar-refractivity contribution is 5.51. The van der Waals surface area contributed by atoms with E-state index in [1.165, 1.54) is 6.07 Å². The molecule has 0 unspecified atom stereocenters. The third kappa shape index (κ3) is 5.06. The average Bonchev–Trinajstić information content (AvgIpc) is 3.93.